The molecule has 0 bridgehead atoms. The van der Waals surface area contributed by atoms with Crippen LogP contribution in [0, 0.1) is 11.6 Å². The fourth-order valence-corrected chi connectivity index (χ4v) is 2.63. The second-order valence-electron chi connectivity index (χ2n) is 5.34. The highest BCUT2D eigenvalue weighted by Gasteiger charge is 2.15. The summed E-state index contributed by atoms with van der Waals surface area (Å²) in [5, 5.41) is 0.545. The van der Waals surface area contributed by atoms with Gasteiger partial charge in [0, 0.05) is 29.1 Å². The van der Waals surface area contributed by atoms with Crippen molar-refractivity contribution in [2.24, 2.45) is 0 Å². The van der Waals surface area contributed by atoms with Crippen molar-refractivity contribution >= 4 is 16.6 Å². The van der Waals surface area contributed by atoms with Crippen LogP contribution in [0.3, 0.4) is 0 Å². The largest absolute Gasteiger partial charge is 0.493 e. The molecule has 0 aliphatic rings. The number of ether oxygens (including phenoxy) is 2. The molecule has 0 amide bonds. The molecule has 1 aromatic heterocycles. The quantitative estimate of drug-likeness (QED) is 0.741. The SMILES string of the molecule is COc1cc2ncc(F)c(Cc3ccc(N)cc3F)c2cc1OC. The van der Waals surface area contributed by atoms with Gasteiger partial charge >= 0.3 is 0 Å². The van der Waals surface area contributed by atoms with Gasteiger partial charge < -0.3 is 15.2 Å². The predicted molar refractivity (Wildman–Crippen MR) is 88.4 cm³/mol. The van der Waals surface area contributed by atoms with Crippen LogP contribution in [0.25, 0.3) is 10.9 Å². The van der Waals surface area contributed by atoms with Crippen molar-refractivity contribution in [3.05, 3.63) is 59.3 Å². The molecular formula is C18H16F2N2O2. The molecule has 3 rings (SSSR count). The number of nitrogens with zero attached hydrogens (tertiary/aromatic N) is 1. The molecule has 24 heavy (non-hydrogen) atoms. The van der Waals surface area contributed by atoms with Crippen LogP contribution in [-0.4, -0.2) is 19.2 Å². The molecule has 0 aliphatic heterocycles. The Labute approximate surface area is 137 Å². The highest BCUT2D eigenvalue weighted by molar-refractivity contribution is 5.86. The Morgan fingerprint density at radius 3 is 2.38 bits per heavy atom. The first-order chi connectivity index (χ1) is 11.5. The van der Waals surface area contributed by atoms with Crippen LogP contribution in [0.2, 0.25) is 0 Å². The third-order valence-electron chi connectivity index (χ3n) is 3.88. The lowest BCUT2D eigenvalue weighted by atomic mass is 9.99. The lowest BCUT2D eigenvalue weighted by Crippen LogP contribution is -2.00. The number of halogens is 2. The van der Waals surface area contributed by atoms with Crippen LogP contribution >= 0.6 is 0 Å². The van der Waals surface area contributed by atoms with Crippen LogP contribution < -0.4 is 15.2 Å². The van der Waals surface area contributed by atoms with Gasteiger partial charge in [0.15, 0.2) is 11.5 Å². The van der Waals surface area contributed by atoms with E-state index in [0.717, 1.165) is 6.20 Å². The van der Waals surface area contributed by atoms with Crippen LogP contribution in [0.1, 0.15) is 11.1 Å². The first-order valence-corrected chi connectivity index (χ1v) is 7.26. The Balaban J connectivity index is 2.17. The first-order valence-electron chi connectivity index (χ1n) is 7.26. The number of anilines is 1. The molecule has 3 aromatic rings. The molecule has 0 saturated heterocycles. The zero-order valence-corrected chi connectivity index (χ0v) is 13.3. The van der Waals surface area contributed by atoms with Crippen LogP contribution in [0.15, 0.2) is 36.5 Å². The summed E-state index contributed by atoms with van der Waals surface area (Å²) in [5.41, 5.74) is 7.11. The number of hydrogen-bond donors (Lipinski definition) is 1. The maximum Gasteiger partial charge on any atom is 0.162 e. The normalized spacial score (nSPS) is 10.8. The van der Waals surface area contributed by atoms with E-state index in [1.807, 2.05) is 0 Å². The summed E-state index contributed by atoms with van der Waals surface area (Å²) in [6.07, 6.45) is 1.20. The number of fused-ring (bicyclic) bond motifs is 1. The van der Waals surface area contributed by atoms with Gasteiger partial charge in [0.25, 0.3) is 0 Å². The number of hydrogen-bond acceptors (Lipinski definition) is 4. The van der Waals surface area contributed by atoms with E-state index in [9.17, 15) is 8.78 Å². The number of benzene rings is 2. The van der Waals surface area contributed by atoms with E-state index < -0.39 is 11.6 Å². The fraction of sp³-hybridized carbons (Fsp3) is 0.167. The van der Waals surface area contributed by atoms with Crippen LogP contribution in [0.4, 0.5) is 14.5 Å². The number of rotatable bonds is 4. The molecule has 2 N–H and O–H groups in total. The standard InChI is InChI=1S/C18H16F2N2O2/c1-23-17-7-13-12(5-10-3-4-11(21)6-14(10)19)15(20)9-22-16(13)8-18(17)24-2/h3-4,6-9H,5,21H2,1-2H3. The zero-order chi connectivity index (χ0) is 17.3. The minimum absolute atomic E-state index is 0.0758. The summed E-state index contributed by atoms with van der Waals surface area (Å²) in [7, 11) is 3.01. The summed E-state index contributed by atoms with van der Waals surface area (Å²) in [5.74, 6) is -0.0315. The monoisotopic (exact) mass is 330 g/mol. The van der Waals surface area contributed by atoms with Crippen molar-refractivity contribution in [3.8, 4) is 11.5 Å². The fourth-order valence-electron chi connectivity index (χ4n) is 2.63. The minimum Gasteiger partial charge on any atom is -0.493 e. The summed E-state index contributed by atoms with van der Waals surface area (Å²) in [4.78, 5) is 4.08. The number of nitrogens with two attached hydrogens (primary N) is 1. The van der Waals surface area contributed by atoms with Crippen molar-refractivity contribution in [1.29, 1.82) is 0 Å². The van der Waals surface area contributed by atoms with Crippen LogP contribution in [0.5, 0.6) is 11.5 Å². The number of aromatic nitrogens is 1. The lowest BCUT2D eigenvalue weighted by molar-refractivity contribution is 0.355. The van der Waals surface area contributed by atoms with Gasteiger partial charge in [0.2, 0.25) is 0 Å². The van der Waals surface area contributed by atoms with Crippen molar-refractivity contribution in [2.75, 3.05) is 20.0 Å². The van der Waals surface area contributed by atoms with Gasteiger partial charge in [-0.1, -0.05) is 6.07 Å². The Morgan fingerprint density at radius 1 is 1.00 bits per heavy atom. The maximum atomic E-state index is 14.4. The third-order valence-corrected chi connectivity index (χ3v) is 3.88. The summed E-state index contributed by atoms with van der Waals surface area (Å²) < 4.78 is 38.9. The van der Waals surface area contributed by atoms with Crippen molar-refractivity contribution in [3.63, 3.8) is 0 Å². The van der Waals surface area contributed by atoms with E-state index in [2.05, 4.69) is 4.98 Å². The maximum absolute atomic E-state index is 14.4. The molecule has 0 saturated carbocycles. The van der Waals surface area contributed by atoms with Gasteiger partial charge in [0.1, 0.15) is 11.6 Å². The van der Waals surface area contributed by atoms with E-state index >= 15 is 0 Å². The van der Waals surface area contributed by atoms with Crippen LogP contribution in [-0.2, 0) is 6.42 Å². The van der Waals surface area contributed by atoms with Gasteiger partial charge in [0.05, 0.1) is 25.9 Å². The molecule has 2 aromatic carbocycles. The van der Waals surface area contributed by atoms with Gasteiger partial charge in [-0.15, -0.1) is 0 Å². The molecule has 4 nitrogen and oxygen atoms in total. The molecule has 124 valence electrons. The van der Waals surface area contributed by atoms with E-state index in [1.54, 1.807) is 24.3 Å². The average molecular weight is 330 g/mol. The molecule has 0 radical (unpaired) electrons. The highest BCUT2D eigenvalue weighted by atomic mass is 19.1. The third kappa shape index (κ3) is 2.82. The summed E-state index contributed by atoms with van der Waals surface area (Å²) in [6.45, 7) is 0. The highest BCUT2D eigenvalue weighted by Crippen LogP contribution is 2.34. The zero-order valence-electron chi connectivity index (χ0n) is 13.3. The lowest BCUT2D eigenvalue weighted by Gasteiger charge is -2.13. The second-order valence-corrected chi connectivity index (χ2v) is 5.34. The molecule has 0 aliphatic carbocycles. The Morgan fingerprint density at radius 2 is 1.71 bits per heavy atom. The van der Waals surface area contributed by atoms with Gasteiger partial charge in [-0.2, -0.15) is 0 Å². The molecule has 1 heterocycles. The van der Waals surface area contributed by atoms with Crippen molar-refractivity contribution in [2.45, 2.75) is 6.42 Å². The number of pyridine rings is 1. The van der Waals surface area contributed by atoms with Gasteiger partial charge in [-0.3, -0.25) is 4.98 Å². The molecule has 0 spiro atoms. The minimum atomic E-state index is -0.508. The van der Waals surface area contributed by atoms with E-state index in [0.29, 0.717) is 39.2 Å². The molecular weight excluding hydrogens is 314 g/mol. The Kier molecular flexibility index (Phi) is 4.20. The smallest absolute Gasteiger partial charge is 0.162 e. The molecule has 0 atom stereocenters. The van der Waals surface area contributed by atoms with Gasteiger partial charge in [-0.25, -0.2) is 8.78 Å². The molecule has 6 heteroatoms. The predicted octanol–water partition coefficient (Wildman–Crippen LogP) is 3.70. The number of nitrogen functional groups attached to an aromatic ring is 1. The van der Waals surface area contributed by atoms with Crippen molar-refractivity contribution in [1.82, 2.24) is 4.98 Å². The first kappa shape index (κ1) is 16.0. The molecule has 0 unspecified atom stereocenters. The Bertz CT molecular complexity index is 913. The van der Waals surface area contributed by atoms with E-state index in [4.69, 9.17) is 15.2 Å². The second kappa shape index (κ2) is 6.31. The average Bonchev–Trinajstić information content (AvgIpc) is 2.58. The van der Waals surface area contributed by atoms with E-state index in [-0.39, 0.29) is 6.42 Å². The Hall–Kier alpha value is -2.89. The molecule has 0 fully saturated rings. The van der Waals surface area contributed by atoms with E-state index in [1.165, 1.54) is 20.3 Å². The van der Waals surface area contributed by atoms with Crippen molar-refractivity contribution < 1.29 is 18.3 Å². The summed E-state index contributed by atoms with van der Waals surface area (Å²) in [6, 6.07) is 7.67. The summed E-state index contributed by atoms with van der Waals surface area (Å²) >= 11 is 0. The topological polar surface area (TPSA) is 57.4 Å². The number of methoxy groups -OCH3 is 2. The van der Waals surface area contributed by atoms with Gasteiger partial charge in [-0.05, 0) is 23.8 Å².